The van der Waals surface area contributed by atoms with E-state index in [1.54, 1.807) is 38.4 Å². The highest BCUT2D eigenvalue weighted by atomic mass is 16.4. The molecule has 0 spiro atoms. The number of hydrogen-bond donors (Lipinski definition) is 3. The zero-order valence-electron chi connectivity index (χ0n) is 14.0. The van der Waals surface area contributed by atoms with Crippen LogP contribution in [-0.2, 0) is 20.8 Å². The van der Waals surface area contributed by atoms with Gasteiger partial charge < -0.3 is 20.4 Å². The first kappa shape index (κ1) is 15.3. The number of carboxylic acid groups (broad SMARTS) is 1. The van der Waals surface area contributed by atoms with E-state index >= 15 is 0 Å². The van der Waals surface area contributed by atoms with Crippen LogP contribution in [-0.4, -0.2) is 54.5 Å². The van der Waals surface area contributed by atoms with Gasteiger partial charge in [-0.15, -0.1) is 0 Å². The number of carbonyl (C=O) groups excluding carboxylic acids is 2. The van der Waals surface area contributed by atoms with Gasteiger partial charge in [0.05, 0.1) is 0 Å². The second-order valence-corrected chi connectivity index (χ2v) is 5.99. The van der Waals surface area contributed by atoms with Crippen molar-refractivity contribution >= 4 is 17.8 Å². The van der Waals surface area contributed by atoms with Gasteiger partial charge in [-0.25, -0.2) is 4.79 Å². The van der Waals surface area contributed by atoms with E-state index in [1.165, 1.54) is 4.90 Å². The number of aromatic hydroxyl groups is 1. The van der Waals surface area contributed by atoms with Crippen LogP contribution >= 0.6 is 0 Å². The van der Waals surface area contributed by atoms with Crippen LogP contribution in [0, 0.1) is 5.41 Å². The van der Waals surface area contributed by atoms with Crippen LogP contribution in [0.15, 0.2) is 24.3 Å². The average Bonchev–Trinajstić information content (AvgIpc) is 3.35. The van der Waals surface area contributed by atoms with Crippen LogP contribution < -0.4 is 5.32 Å². The molecule has 0 heterocycles. The van der Waals surface area contributed by atoms with Crippen molar-refractivity contribution in [1.29, 1.82) is 1.43 Å². The number of amides is 2. The van der Waals surface area contributed by atoms with Crippen molar-refractivity contribution in [2.45, 2.75) is 25.3 Å². The summed E-state index contributed by atoms with van der Waals surface area (Å²) in [5.41, 5.74) is -0.451. The Kier molecular flexibility index (Phi) is 4.18. The number of benzene rings is 1. The maximum atomic E-state index is 12.4. The highest BCUT2D eigenvalue weighted by Crippen LogP contribution is 2.47. The standard InChI is InChI=1S/C16H20N2O5/c1-18(2)15(23)16(7-8-16)14(22)17-12(13(20)21)9-10-3-5-11(19)6-4-10/h3-6,12,19H,7-9H2,1-2H3,(H,17,22)(H,20,21)/t12-/m0/s1/i/hD. The lowest BCUT2D eigenvalue weighted by Gasteiger charge is -2.22. The summed E-state index contributed by atoms with van der Waals surface area (Å²) in [5, 5.41) is 16.1. The quantitative estimate of drug-likeness (QED) is 0.629. The summed E-state index contributed by atoms with van der Waals surface area (Å²) in [6, 6.07) is 5.21. The van der Waals surface area contributed by atoms with Gasteiger partial charge in [-0.2, -0.15) is 0 Å². The molecule has 1 aromatic rings. The molecule has 0 radical (unpaired) electrons. The minimum Gasteiger partial charge on any atom is -0.508 e. The first-order chi connectivity index (χ1) is 11.3. The summed E-state index contributed by atoms with van der Waals surface area (Å²) in [4.78, 5) is 37.3. The van der Waals surface area contributed by atoms with E-state index in [0.29, 0.717) is 24.2 Å². The SMILES string of the molecule is [2H]Oc1ccc(C[C@H](NC(=O)C2(C(=O)N(C)C)CC2)C(=O)O)cc1. The second kappa shape index (κ2) is 6.28. The summed E-state index contributed by atoms with van der Waals surface area (Å²) in [7, 11) is 3.14. The van der Waals surface area contributed by atoms with Gasteiger partial charge in [-0.1, -0.05) is 12.1 Å². The third-order valence-corrected chi connectivity index (χ3v) is 3.97. The first-order valence-electron chi connectivity index (χ1n) is 7.68. The van der Waals surface area contributed by atoms with Crippen molar-refractivity contribution in [1.82, 2.24) is 10.2 Å². The van der Waals surface area contributed by atoms with Crippen molar-refractivity contribution in [2.24, 2.45) is 5.41 Å². The molecule has 0 aliphatic heterocycles. The molecule has 0 bridgehead atoms. The summed E-state index contributed by atoms with van der Waals surface area (Å²) < 4.78 is 6.78. The molecule has 7 nitrogen and oxygen atoms in total. The fraction of sp³-hybridized carbons (Fsp3) is 0.438. The summed E-state index contributed by atoms with van der Waals surface area (Å²) in [6.45, 7) is 0. The van der Waals surface area contributed by atoms with Gasteiger partial charge in [0.2, 0.25) is 11.8 Å². The van der Waals surface area contributed by atoms with Crippen molar-refractivity contribution in [3.05, 3.63) is 29.8 Å². The Bertz CT molecular complexity index is 640. The number of carboxylic acids is 1. The number of phenols is 1. The summed E-state index contributed by atoms with van der Waals surface area (Å²) in [6.07, 6.45) is 0.932. The maximum absolute atomic E-state index is 12.4. The molecule has 23 heavy (non-hydrogen) atoms. The minimum absolute atomic E-state index is 0.0750. The molecule has 0 aromatic heterocycles. The number of carbonyl (C=O) groups is 3. The first-order valence-corrected chi connectivity index (χ1v) is 7.28. The van der Waals surface area contributed by atoms with Crippen LogP contribution in [0.5, 0.6) is 5.75 Å². The third kappa shape index (κ3) is 3.61. The number of nitrogens with one attached hydrogen (secondary N) is 1. The lowest BCUT2D eigenvalue weighted by Crippen LogP contribution is -2.49. The van der Waals surface area contributed by atoms with Gasteiger partial charge >= 0.3 is 5.97 Å². The van der Waals surface area contributed by atoms with Gasteiger partial charge in [0.1, 0.15) is 17.2 Å². The second-order valence-electron chi connectivity index (χ2n) is 5.99. The lowest BCUT2D eigenvalue weighted by molar-refractivity contribution is -0.147. The molecular weight excluding hydrogens is 300 g/mol. The molecule has 2 rings (SSSR count). The van der Waals surface area contributed by atoms with Gasteiger partial charge in [0.15, 0.2) is 0 Å². The van der Waals surface area contributed by atoms with E-state index in [2.05, 4.69) is 10.4 Å². The number of rotatable bonds is 7. The van der Waals surface area contributed by atoms with E-state index in [0.717, 1.165) is 0 Å². The Hall–Kier alpha value is -2.57. The minimum atomic E-state index is -1.17. The topological polar surface area (TPSA) is 107 Å². The molecule has 1 aliphatic carbocycles. The molecule has 2 amide bonds. The predicted octanol–water partition coefficient (Wildman–Crippen LogP) is 0.372. The number of hydrogen-bond acceptors (Lipinski definition) is 4. The molecule has 1 aromatic carbocycles. The Morgan fingerprint density at radius 1 is 1.30 bits per heavy atom. The molecule has 124 valence electrons. The van der Waals surface area contributed by atoms with E-state index < -0.39 is 23.3 Å². The molecule has 3 N–H and O–H groups in total. The van der Waals surface area contributed by atoms with Crippen molar-refractivity contribution in [3.63, 3.8) is 0 Å². The van der Waals surface area contributed by atoms with Crippen LogP contribution in [0.3, 0.4) is 0 Å². The van der Waals surface area contributed by atoms with Crippen molar-refractivity contribution < 1.29 is 24.6 Å². The highest BCUT2D eigenvalue weighted by molar-refractivity contribution is 6.08. The van der Waals surface area contributed by atoms with Gasteiger partial charge in [0, 0.05) is 20.5 Å². The molecular formula is C16H20N2O5. The van der Waals surface area contributed by atoms with Gasteiger partial charge in [-0.05, 0) is 30.5 Å². The summed E-state index contributed by atoms with van der Waals surface area (Å²) >= 11 is 0. The number of phenolic OH excluding ortho intramolecular Hbond substituents is 1. The van der Waals surface area contributed by atoms with Crippen LogP contribution in [0.25, 0.3) is 0 Å². The van der Waals surface area contributed by atoms with E-state index in [-0.39, 0.29) is 12.3 Å². The van der Waals surface area contributed by atoms with Crippen LogP contribution in [0.1, 0.15) is 18.4 Å². The van der Waals surface area contributed by atoms with Crippen LogP contribution in [0.2, 0.25) is 0 Å². The zero-order valence-corrected chi connectivity index (χ0v) is 13.0. The molecule has 0 unspecified atom stereocenters. The van der Waals surface area contributed by atoms with Gasteiger partial charge in [0.25, 0.3) is 1.43 Å². The number of aliphatic carboxylic acids is 1. The highest BCUT2D eigenvalue weighted by Gasteiger charge is 2.57. The molecule has 0 saturated heterocycles. The maximum Gasteiger partial charge on any atom is 0.326 e. The Morgan fingerprint density at radius 3 is 2.35 bits per heavy atom. The smallest absolute Gasteiger partial charge is 0.326 e. The number of nitrogens with zero attached hydrogens (tertiary/aromatic N) is 1. The Balaban J connectivity index is 2.07. The Labute approximate surface area is 135 Å². The Morgan fingerprint density at radius 2 is 1.91 bits per heavy atom. The van der Waals surface area contributed by atoms with Gasteiger partial charge in [-0.3, -0.25) is 9.59 Å². The van der Waals surface area contributed by atoms with Crippen molar-refractivity contribution in [2.75, 3.05) is 14.1 Å². The predicted molar refractivity (Wildman–Crippen MR) is 81.7 cm³/mol. The van der Waals surface area contributed by atoms with Crippen LogP contribution in [0.4, 0.5) is 0 Å². The molecule has 1 aliphatic rings. The fourth-order valence-electron chi connectivity index (χ4n) is 2.45. The monoisotopic (exact) mass is 321 g/mol. The fourth-order valence-corrected chi connectivity index (χ4v) is 2.45. The lowest BCUT2D eigenvalue weighted by atomic mass is 10.0. The van der Waals surface area contributed by atoms with E-state index in [9.17, 15) is 19.5 Å². The van der Waals surface area contributed by atoms with E-state index in [1.807, 2.05) is 0 Å². The largest absolute Gasteiger partial charge is 0.508 e. The molecule has 7 heteroatoms. The van der Waals surface area contributed by atoms with Crippen molar-refractivity contribution in [3.8, 4) is 5.75 Å². The normalized spacial score (nSPS) is 16.7. The molecule has 1 atom stereocenters. The summed E-state index contributed by atoms with van der Waals surface area (Å²) in [5.74, 6) is -1.68. The molecule has 1 saturated carbocycles. The third-order valence-electron chi connectivity index (χ3n) is 3.97. The molecule has 1 fully saturated rings. The zero-order chi connectivity index (χ0) is 17.9. The average molecular weight is 321 g/mol. The van der Waals surface area contributed by atoms with E-state index in [4.69, 9.17) is 1.43 Å².